The fourth-order valence-electron chi connectivity index (χ4n) is 4.75. The average Bonchev–Trinajstić information content (AvgIpc) is 2.82. The van der Waals surface area contributed by atoms with E-state index in [2.05, 4.69) is 29.2 Å². The Kier molecular flexibility index (Phi) is 6.91. The van der Waals surface area contributed by atoms with Gasteiger partial charge in [-0.05, 0) is 85.9 Å². The summed E-state index contributed by atoms with van der Waals surface area (Å²) >= 11 is 0. The largest absolute Gasteiger partial charge is 0.388 e. The van der Waals surface area contributed by atoms with Gasteiger partial charge < -0.3 is 10.0 Å². The molecular weight excluding hydrogens is 361 g/mol. The highest BCUT2D eigenvalue weighted by atomic mass is 35.5. The Bertz CT molecular complexity index is 745. The summed E-state index contributed by atoms with van der Waals surface area (Å²) in [4.78, 5) is 2.54. The van der Waals surface area contributed by atoms with E-state index in [0.717, 1.165) is 62.9 Å². The van der Waals surface area contributed by atoms with Gasteiger partial charge >= 0.3 is 0 Å². The molecule has 2 nitrogen and oxygen atoms in total. The molecule has 0 aromatic heterocycles. The number of benzene rings is 2. The van der Waals surface area contributed by atoms with Crippen molar-refractivity contribution in [2.75, 3.05) is 19.6 Å². The number of piperidine rings is 1. The fraction of sp³-hybridized carbons (Fsp3) is 0.478. The van der Waals surface area contributed by atoms with Gasteiger partial charge in [0.1, 0.15) is 5.82 Å². The van der Waals surface area contributed by atoms with E-state index in [1.807, 2.05) is 12.1 Å². The lowest BCUT2D eigenvalue weighted by Crippen LogP contribution is -2.36. The number of aliphatic hydroxyl groups excluding tert-OH is 1. The monoisotopic (exact) mass is 389 g/mol. The van der Waals surface area contributed by atoms with E-state index in [1.54, 1.807) is 6.07 Å². The number of fused-ring (bicyclic) bond motifs is 1. The molecule has 2 aromatic carbocycles. The summed E-state index contributed by atoms with van der Waals surface area (Å²) in [6, 6.07) is 15.4. The van der Waals surface area contributed by atoms with Crippen LogP contribution in [-0.2, 0) is 6.42 Å². The van der Waals surface area contributed by atoms with E-state index in [4.69, 9.17) is 0 Å². The van der Waals surface area contributed by atoms with Crippen LogP contribution in [0, 0.1) is 11.7 Å². The third-order valence-electron chi connectivity index (χ3n) is 6.22. The highest BCUT2D eigenvalue weighted by molar-refractivity contribution is 5.85. The van der Waals surface area contributed by atoms with Gasteiger partial charge in [-0.1, -0.05) is 36.4 Å². The van der Waals surface area contributed by atoms with Gasteiger partial charge in [0.2, 0.25) is 0 Å². The molecule has 0 amide bonds. The molecule has 1 saturated heterocycles. The van der Waals surface area contributed by atoms with Crippen LogP contribution in [-0.4, -0.2) is 29.6 Å². The average molecular weight is 390 g/mol. The molecule has 0 unspecified atom stereocenters. The number of hydrogen-bond donors (Lipinski definition) is 1. The Hall–Kier alpha value is -1.42. The number of rotatable bonds is 3. The molecule has 1 aliphatic heterocycles. The van der Waals surface area contributed by atoms with Gasteiger partial charge in [0.15, 0.2) is 0 Å². The number of aliphatic hydroxyl groups is 1. The maximum absolute atomic E-state index is 13.5. The van der Waals surface area contributed by atoms with Crippen molar-refractivity contribution in [3.8, 4) is 0 Å². The zero-order valence-corrected chi connectivity index (χ0v) is 16.5. The molecule has 1 fully saturated rings. The maximum Gasteiger partial charge on any atom is 0.123 e. The van der Waals surface area contributed by atoms with Gasteiger partial charge in [0.05, 0.1) is 6.10 Å². The molecule has 0 saturated carbocycles. The van der Waals surface area contributed by atoms with Crippen molar-refractivity contribution < 1.29 is 9.50 Å². The lowest BCUT2D eigenvalue weighted by molar-refractivity contribution is 0.117. The first-order valence-electron chi connectivity index (χ1n) is 9.92. The second-order valence-corrected chi connectivity index (χ2v) is 7.98. The number of halogens is 2. The summed E-state index contributed by atoms with van der Waals surface area (Å²) in [5, 5.41) is 10.6. The third-order valence-corrected chi connectivity index (χ3v) is 6.22. The lowest BCUT2D eigenvalue weighted by Gasteiger charge is -2.34. The molecule has 0 bridgehead atoms. The van der Waals surface area contributed by atoms with E-state index in [0.29, 0.717) is 11.8 Å². The zero-order chi connectivity index (χ0) is 17.9. The highest BCUT2D eigenvalue weighted by Gasteiger charge is 2.27. The normalized spacial score (nSPS) is 23.9. The van der Waals surface area contributed by atoms with Crippen LogP contribution in [0.15, 0.2) is 48.5 Å². The molecular formula is C23H29ClFNO. The molecule has 27 heavy (non-hydrogen) atoms. The second kappa shape index (κ2) is 9.18. The Morgan fingerprint density at radius 1 is 1.00 bits per heavy atom. The van der Waals surface area contributed by atoms with Gasteiger partial charge in [-0.25, -0.2) is 4.39 Å². The topological polar surface area (TPSA) is 23.5 Å². The van der Waals surface area contributed by atoms with Crippen molar-refractivity contribution in [1.29, 1.82) is 0 Å². The van der Waals surface area contributed by atoms with Crippen LogP contribution in [0.5, 0.6) is 0 Å². The van der Waals surface area contributed by atoms with Gasteiger partial charge in [0.25, 0.3) is 0 Å². The van der Waals surface area contributed by atoms with Crippen molar-refractivity contribution in [3.63, 3.8) is 0 Å². The van der Waals surface area contributed by atoms with E-state index in [1.165, 1.54) is 11.6 Å². The van der Waals surface area contributed by atoms with Crippen LogP contribution in [0.3, 0.4) is 0 Å². The number of aryl methyl sites for hydroxylation is 1. The minimum absolute atomic E-state index is 0. The van der Waals surface area contributed by atoms with Crippen LogP contribution < -0.4 is 0 Å². The zero-order valence-electron chi connectivity index (χ0n) is 15.7. The van der Waals surface area contributed by atoms with Crippen LogP contribution in [0.4, 0.5) is 4.39 Å². The number of likely N-dealkylation sites (tertiary alicyclic amines) is 1. The molecule has 2 aliphatic rings. The van der Waals surface area contributed by atoms with Crippen molar-refractivity contribution in [1.82, 2.24) is 4.90 Å². The summed E-state index contributed by atoms with van der Waals surface area (Å²) in [5.41, 5.74) is 3.58. The highest BCUT2D eigenvalue weighted by Crippen LogP contribution is 2.34. The van der Waals surface area contributed by atoms with Gasteiger partial charge in [-0.2, -0.15) is 0 Å². The van der Waals surface area contributed by atoms with Crippen molar-refractivity contribution >= 4 is 12.4 Å². The summed E-state index contributed by atoms with van der Waals surface area (Å²) in [7, 11) is 0. The van der Waals surface area contributed by atoms with Gasteiger partial charge in [-0.3, -0.25) is 0 Å². The van der Waals surface area contributed by atoms with E-state index < -0.39 is 0 Å². The van der Waals surface area contributed by atoms with E-state index >= 15 is 0 Å². The molecule has 1 heterocycles. The van der Waals surface area contributed by atoms with Crippen molar-refractivity contribution in [2.45, 2.75) is 44.1 Å². The minimum atomic E-state index is -0.330. The summed E-state index contributed by atoms with van der Waals surface area (Å²) in [6.45, 7) is 3.21. The molecule has 2 atom stereocenters. The van der Waals surface area contributed by atoms with Crippen LogP contribution >= 0.6 is 12.4 Å². The standard InChI is InChI=1S/C23H28FNO.ClH/c24-21-6-3-5-20(15-21)18-10-12-25(13-11-18)16-17-8-9-19-4-1-2-7-22(19)23(26)14-17;/h1-7,15,17-18,23,26H,8-14,16H2;1H/t17-,23-;/m0./s1. The quantitative estimate of drug-likeness (QED) is 0.737. The number of nitrogens with zero attached hydrogens (tertiary/aromatic N) is 1. The minimum Gasteiger partial charge on any atom is -0.388 e. The molecule has 1 aliphatic carbocycles. The molecule has 1 N–H and O–H groups in total. The molecule has 0 spiro atoms. The predicted octanol–water partition coefficient (Wildman–Crippen LogP) is 5.11. The Balaban J connectivity index is 0.00000210. The maximum atomic E-state index is 13.5. The molecule has 2 aromatic rings. The first-order valence-corrected chi connectivity index (χ1v) is 9.92. The number of hydrogen-bond acceptors (Lipinski definition) is 2. The molecule has 0 radical (unpaired) electrons. The lowest BCUT2D eigenvalue weighted by atomic mass is 9.88. The van der Waals surface area contributed by atoms with E-state index in [9.17, 15) is 9.50 Å². The van der Waals surface area contributed by atoms with Crippen molar-refractivity contribution in [2.24, 2.45) is 5.92 Å². The van der Waals surface area contributed by atoms with Crippen LogP contribution in [0.25, 0.3) is 0 Å². The molecule has 146 valence electrons. The molecule has 4 heteroatoms. The SMILES string of the molecule is Cl.O[C@H]1C[C@@H](CN2CCC(c3cccc(F)c3)CC2)CCc2ccccc21. The summed E-state index contributed by atoms with van der Waals surface area (Å²) in [5.74, 6) is 0.894. The van der Waals surface area contributed by atoms with Crippen LogP contribution in [0.2, 0.25) is 0 Å². The van der Waals surface area contributed by atoms with Crippen LogP contribution in [0.1, 0.15) is 54.4 Å². The predicted molar refractivity (Wildman–Crippen MR) is 110 cm³/mol. The third kappa shape index (κ3) is 4.90. The first-order chi connectivity index (χ1) is 12.7. The Morgan fingerprint density at radius 2 is 1.78 bits per heavy atom. The Morgan fingerprint density at radius 3 is 2.56 bits per heavy atom. The van der Waals surface area contributed by atoms with Gasteiger partial charge in [0, 0.05) is 6.54 Å². The fourth-order valence-corrected chi connectivity index (χ4v) is 4.75. The molecule has 4 rings (SSSR count). The second-order valence-electron chi connectivity index (χ2n) is 7.98. The smallest absolute Gasteiger partial charge is 0.123 e. The van der Waals surface area contributed by atoms with Gasteiger partial charge in [-0.15, -0.1) is 12.4 Å². The van der Waals surface area contributed by atoms with E-state index in [-0.39, 0.29) is 24.3 Å². The first kappa shape index (κ1) is 20.3. The summed E-state index contributed by atoms with van der Waals surface area (Å²) < 4.78 is 13.5. The Labute approximate surface area is 167 Å². The summed E-state index contributed by atoms with van der Waals surface area (Å²) in [6.07, 6.45) is 4.94. The van der Waals surface area contributed by atoms with Crippen molar-refractivity contribution in [3.05, 3.63) is 71.0 Å².